The quantitative estimate of drug-likeness (QED) is 0.860. The van der Waals surface area contributed by atoms with Crippen LogP contribution < -0.4 is 9.47 Å². The molecule has 6 heteroatoms. The van der Waals surface area contributed by atoms with Gasteiger partial charge in [-0.25, -0.2) is 4.79 Å². The van der Waals surface area contributed by atoms with E-state index in [1.807, 2.05) is 0 Å². The number of benzene rings is 1. The molecule has 1 aromatic rings. The van der Waals surface area contributed by atoms with E-state index in [4.69, 9.17) is 9.47 Å². The summed E-state index contributed by atoms with van der Waals surface area (Å²) >= 11 is 3.27. The van der Waals surface area contributed by atoms with E-state index in [0.717, 1.165) is 19.6 Å². The number of carboxylic acid groups (broad SMARTS) is 1. The van der Waals surface area contributed by atoms with Crippen molar-refractivity contribution in [2.45, 2.75) is 12.8 Å². The van der Waals surface area contributed by atoms with Crippen LogP contribution in [0.5, 0.6) is 11.5 Å². The summed E-state index contributed by atoms with van der Waals surface area (Å²) in [5.41, 5.74) is 0.109. The van der Waals surface area contributed by atoms with Crippen molar-refractivity contribution in [3.05, 3.63) is 22.2 Å². The first-order chi connectivity index (χ1) is 9.61. The summed E-state index contributed by atoms with van der Waals surface area (Å²) in [6, 6.07) is 3.23. The molecular formula is C14H18BrNO4. The van der Waals surface area contributed by atoms with Gasteiger partial charge in [-0.1, -0.05) is 15.9 Å². The molecule has 0 spiro atoms. The zero-order chi connectivity index (χ0) is 14.5. The number of nitrogens with zero attached hydrogens (tertiary/aromatic N) is 1. The Balaban J connectivity index is 2.09. The molecule has 0 bridgehead atoms. The predicted octanol–water partition coefficient (Wildman–Crippen LogP) is 2.63. The number of hydrogen-bond acceptors (Lipinski definition) is 4. The molecule has 110 valence electrons. The lowest BCUT2D eigenvalue weighted by Crippen LogP contribution is -2.25. The number of carboxylic acids is 1. The van der Waals surface area contributed by atoms with Crippen LogP contribution in [0.15, 0.2) is 16.6 Å². The number of hydrogen-bond donors (Lipinski definition) is 1. The van der Waals surface area contributed by atoms with Crippen LogP contribution in [0.2, 0.25) is 0 Å². The highest BCUT2D eigenvalue weighted by molar-refractivity contribution is 9.10. The molecule has 0 aromatic heterocycles. The molecule has 0 saturated carbocycles. The van der Waals surface area contributed by atoms with Gasteiger partial charge in [-0.2, -0.15) is 0 Å². The molecule has 1 fully saturated rings. The Kier molecular flexibility index (Phi) is 5.25. The molecule has 0 aliphatic carbocycles. The van der Waals surface area contributed by atoms with Crippen molar-refractivity contribution in [2.75, 3.05) is 33.4 Å². The summed E-state index contributed by atoms with van der Waals surface area (Å²) in [6.45, 7) is 3.44. The van der Waals surface area contributed by atoms with Gasteiger partial charge in [0.05, 0.1) is 7.11 Å². The summed E-state index contributed by atoms with van der Waals surface area (Å²) in [6.07, 6.45) is 2.45. The fourth-order valence-corrected chi connectivity index (χ4v) is 2.75. The Labute approximate surface area is 126 Å². The molecule has 5 nitrogen and oxygen atoms in total. The average Bonchev–Trinajstić information content (AvgIpc) is 2.92. The minimum absolute atomic E-state index is 0.109. The first kappa shape index (κ1) is 15.1. The van der Waals surface area contributed by atoms with Gasteiger partial charge in [-0.05, 0) is 38.1 Å². The van der Waals surface area contributed by atoms with Gasteiger partial charge >= 0.3 is 5.97 Å². The molecule has 1 aliphatic rings. The number of halogens is 1. The topological polar surface area (TPSA) is 59.0 Å². The standard InChI is InChI=1S/C14H18BrNO4/c1-19-12-9-10(15)8-11(14(17)18)13(12)20-7-6-16-4-2-3-5-16/h8-9H,2-7H2,1H3,(H,17,18). The first-order valence-corrected chi connectivity index (χ1v) is 7.37. The van der Waals surface area contributed by atoms with Crippen molar-refractivity contribution < 1.29 is 19.4 Å². The van der Waals surface area contributed by atoms with Gasteiger partial charge in [0, 0.05) is 11.0 Å². The number of rotatable bonds is 6. The van der Waals surface area contributed by atoms with E-state index in [1.165, 1.54) is 26.0 Å². The van der Waals surface area contributed by atoms with Crippen LogP contribution in [0.4, 0.5) is 0 Å². The molecular weight excluding hydrogens is 326 g/mol. The number of methoxy groups -OCH3 is 1. The third-order valence-electron chi connectivity index (χ3n) is 3.32. The third kappa shape index (κ3) is 3.64. The minimum Gasteiger partial charge on any atom is -0.493 e. The molecule has 0 atom stereocenters. The number of ether oxygens (including phenoxy) is 2. The largest absolute Gasteiger partial charge is 0.493 e. The first-order valence-electron chi connectivity index (χ1n) is 6.58. The van der Waals surface area contributed by atoms with Crippen LogP contribution in [0.1, 0.15) is 23.2 Å². The van der Waals surface area contributed by atoms with Gasteiger partial charge in [0.1, 0.15) is 12.2 Å². The maximum atomic E-state index is 11.3. The maximum Gasteiger partial charge on any atom is 0.339 e. The van der Waals surface area contributed by atoms with Crippen LogP contribution in [0.3, 0.4) is 0 Å². The van der Waals surface area contributed by atoms with Crippen molar-refractivity contribution >= 4 is 21.9 Å². The molecule has 0 radical (unpaired) electrons. The lowest BCUT2D eigenvalue weighted by Gasteiger charge is -2.17. The smallest absolute Gasteiger partial charge is 0.339 e. The number of likely N-dealkylation sites (tertiary alicyclic amines) is 1. The second kappa shape index (κ2) is 6.95. The lowest BCUT2D eigenvalue weighted by atomic mass is 10.2. The molecule has 1 aromatic carbocycles. The SMILES string of the molecule is COc1cc(Br)cc(C(=O)O)c1OCCN1CCCC1. The predicted molar refractivity (Wildman–Crippen MR) is 78.8 cm³/mol. The Hall–Kier alpha value is -1.27. The molecule has 0 amide bonds. The monoisotopic (exact) mass is 343 g/mol. The molecule has 1 saturated heterocycles. The Bertz CT molecular complexity index is 486. The number of carbonyl (C=O) groups is 1. The summed E-state index contributed by atoms with van der Waals surface area (Å²) in [5, 5.41) is 9.25. The second-order valence-corrected chi connectivity index (χ2v) is 5.60. The third-order valence-corrected chi connectivity index (χ3v) is 3.78. The van der Waals surface area contributed by atoms with Gasteiger partial charge in [0.15, 0.2) is 11.5 Å². The van der Waals surface area contributed by atoms with E-state index in [2.05, 4.69) is 20.8 Å². The van der Waals surface area contributed by atoms with Gasteiger partial charge in [-0.3, -0.25) is 4.90 Å². The highest BCUT2D eigenvalue weighted by atomic mass is 79.9. The van der Waals surface area contributed by atoms with Gasteiger partial charge < -0.3 is 14.6 Å². The zero-order valence-corrected chi connectivity index (χ0v) is 13.0. The van der Waals surface area contributed by atoms with Crippen LogP contribution >= 0.6 is 15.9 Å². The summed E-state index contributed by atoms with van der Waals surface area (Å²) in [4.78, 5) is 13.6. The van der Waals surface area contributed by atoms with Gasteiger partial charge in [-0.15, -0.1) is 0 Å². The van der Waals surface area contributed by atoms with Gasteiger partial charge in [0.2, 0.25) is 0 Å². The van der Waals surface area contributed by atoms with Crippen molar-refractivity contribution in [2.24, 2.45) is 0 Å². The Morgan fingerprint density at radius 2 is 2.10 bits per heavy atom. The van der Waals surface area contributed by atoms with Crippen molar-refractivity contribution in [1.29, 1.82) is 0 Å². The van der Waals surface area contributed by atoms with E-state index in [1.54, 1.807) is 6.07 Å². The zero-order valence-electron chi connectivity index (χ0n) is 11.4. The van der Waals surface area contributed by atoms with Crippen LogP contribution in [-0.2, 0) is 0 Å². The van der Waals surface area contributed by atoms with Gasteiger partial charge in [0.25, 0.3) is 0 Å². The Morgan fingerprint density at radius 1 is 1.40 bits per heavy atom. The van der Waals surface area contributed by atoms with Crippen molar-refractivity contribution in [3.8, 4) is 11.5 Å². The van der Waals surface area contributed by atoms with Crippen LogP contribution in [-0.4, -0.2) is 49.3 Å². The summed E-state index contributed by atoms with van der Waals surface area (Å²) in [7, 11) is 1.50. The normalized spacial score (nSPS) is 15.3. The van der Waals surface area contributed by atoms with E-state index in [0.29, 0.717) is 22.6 Å². The summed E-state index contributed by atoms with van der Waals surface area (Å²) < 4.78 is 11.5. The fraction of sp³-hybridized carbons (Fsp3) is 0.500. The lowest BCUT2D eigenvalue weighted by molar-refractivity contribution is 0.0690. The molecule has 2 rings (SSSR count). The van der Waals surface area contributed by atoms with E-state index < -0.39 is 5.97 Å². The van der Waals surface area contributed by atoms with E-state index >= 15 is 0 Å². The molecule has 20 heavy (non-hydrogen) atoms. The van der Waals surface area contributed by atoms with Crippen molar-refractivity contribution in [3.63, 3.8) is 0 Å². The summed E-state index contributed by atoms with van der Waals surface area (Å²) in [5.74, 6) is -0.304. The highest BCUT2D eigenvalue weighted by Crippen LogP contribution is 2.34. The second-order valence-electron chi connectivity index (χ2n) is 4.69. The maximum absolute atomic E-state index is 11.3. The number of aromatic carboxylic acids is 1. The van der Waals surface area contributed by atoms with Crippen LogP contribution in [0.25, 0.3) is 0 Å². The molecule has 1 heterocycles. The van der Waals surface area contributed by atoms with Crippen molar-refractivity contribution in [1.82, 2.24) is 4.90 Å². The minimum atomic E-state index is -1.03. The Morgan fingerprint density at radius 3 is 2.70 bits per heavy atom. The highest BCUT2D eigenvalue weighted by Gasteiger charge is 2.19. The molecule has 1 N–H and O–H groups in total. The van der Waals surface area contributed by atoms with E-state index in [9.17, 15) is 9.90 Å². The van der Waals surface area contributed by atoms with E-state index in [-0.39, 0.29) is 5.56 Å². The molecule has 1 aliphatic heterocycles. The average molecular weight is 344 g/mol. The van der Waals surface area contributed by atoms with Crippen LogP contribution in [0, 0.1) is 0 Å². The fourth-order valence-electron chi connectivity index (χ4n) is 2.31. The molecule has 0 unspecified atom stereocenters.